The first-order chi connectivity index (χ1) is 10.8. The fourth-order valence-electron chi connectivity index (χ4n) is 2.36. The van der Waals surface area contributed by atoms with Crippen LogP contribution in [0.25, 0.3) is 21.0 Å². The van der Waals surface area contributed by atoms with E-state index in [9.17, 15) is 0 Å². The van der Waals surface area contributed by atoms with Gasteiger partial charge in [-0.2, -0.15) is 0 Å². The topological polar surface area (TPSA) is 58.0 Å². The summed E-state index contributed by atoms with van der Waals surface area (Å²) in [5.41, 5.74) is 1.79. The molecule has 6 heteroatoms. The van der Waals surface area contributed by atoms with Crippen molar-refractivity contribution in [3.63, 3.8) is 0 Å². The third kappa shape index (κ3) is 2.41. The summed E-state index contributed by atoms with van der Waals surface area (Å²) in [5.74, 6) is 0.547. The molecule has 0 radical (unpaired) electrons. The quantitative estimate of drug-likeness (QED) is 0.510. The molecule has 0 fully saturated rings. The Bertz CT molecular complexity index is 968. The molecule has 0 unspecified atom stereocenters. The maximum atomic E-state index is 9.12. The second kappa shape index (κ2) is 5.57. The van der Waals surface area contributed by atoms with E-state index >= 15 is 0 Å². The number of aromatic nitrogens is 2. The summed E-state index contributed by atoms with van der Waals surface area (Å²) >= 11 is 2.43. The van der Waals surface area contributed by atoms with Crippen LogP contribution in [0.5, 0.6) is 0 Å². The average molecular weight is 325 g/mol. The highest BCUT2D eigenvalue weighted by molar-refractivity contribution is 7.93. The average Bonchev–Trinajstić information content (AvgIpc) is 3.04. The van der Waals surface area contributed by atoms with Crippen molar-refractivity contribution < 1.29 is 4.55 Å². The van der Waals surface area contributed by atoms with Crippen LogP contribution in [0.1, 0.15) is 0 Å². The van der Waals surface area contributed by atoms with Crippen molar-refractivity contribution in [2.45, 2.75) is 4.90 Å². The number of anilines is 2. The molecule has 0 aliphatic carbocycles. The van der Waals surface area contributed by atoms with Crippen molar-refractivity contribution in [1.29, 1.82) is 0 Å². The molecule has 2 aromatic carbocycles. The van der Waals surface area contributed by atoms with Crippen molar-refractivity contribution in [2.24, 2.45) is 0 Å². The van der Waals surface area contributed by atoms with Crippen molar-refractivity contribution in [1.82, 2.24) is 9.97 Å². The fourth-order valence-corrected chi connectivity index (χ4v) is 3.47. The van der Waals surface area contributed by atoms with Gasteiger partial charge in [0.15, 0.2) is 0 Å². The van der Waals surface area contributed by atoms with Gasteiger partial charge in [0, 0.05) is 44.3 Å². The number of benzene rings is 2. The van der Waals surface area contributed by atoms with Gasteiger partial charge in [-0.15, -0.1) is 11.3 Å². The summed E-state index contributed by atoms with van der Waals surface area (Å²) in [6.07, 6.45) is 1.83. The van der Waals surface area contributed by atoms with Gasteiger partial charge in [-0.05, 0) is 41.8 Å². The zero-order valence-electron chi connectivity index (χ0n) is 11.4. The van der Waals surface area contributed by atoms with Gasteiger partial charge in [-0.3, -0.25) is 0 Å². The minimum atomic E-state index is 0.547. The lowest BCUT2D eigenvalue weighted by molar-refractivity contribution is 0.664. The number of hydrogen-bond donors (Lipinski definition) is 2. The third-order valence-corrected chi connectivity index (χ3v) is 4.72. The first-order valence-corrected chi connectivity index (χ1v) is 8.30. The fraction of sp³-hybridized carbons (Fsp3) is 0. The normalized spacial score (nSPS) is 11.1. The Morgan fingerprint density at radius 1 is 1.14 bits per heavy atom. The van der Waals surface area contributed by atoms with Gasteiger partial charge >= 0.3 is 0 Å². The van der Waals surface area contributed by atoms with Crippen molar-refractivity contribution in [2.75, 3.05) is 5.32 Å². The Kier molecular flexibility index (Phi) is 3.42. The molecule has 2 heterocycles. The Balaban J connectivity index is 1.78. The number of fused-ring (bicyclic) bond motifs is 3. The Labute approximate surface area is 135 Å². The molecule has 108 valence electrons. The van der Waals surface area contributed by atoms with E-state index in [4.69, 9.17) is 4.55 Å². The van der Waals surface area contributed by atoms with Gasteiger partial charge < -0.3 is 9.87 Å². The predicted octanol–water partition coefficient (Wildman–Crippen LogP) is 5.15. The molecular weight excluding hydrogens is 314 g/mol. The van der Waals surface area contributed by atoms with Gasteiger partial charge in [-0.1, -0.05) is 6.07 Å². The lowest BCUT2D eigenvalue weighted by Gasteiger charge is -2.07. The van der Waals surface area contributed by atoms with Crippen LogP contribution in [0.3, 0.4) is 0 Å². The minimum Gasteiger partial charge on any atom is -0.325 e. The largest absolute Gasteiger partial charge is 0.325 e. The van der Waals surface area contributed by atoms with Crippen molar-refractivity contribution in [3.8, 4) is 0 Å². The number of hydrogen-bond acceptors (Lipinski definition) is 6. The zero-order chi connectivity index (χ0) is 14.9. The Morgan fingerprint density at radius 3 is 3.00 bits per heavy atom. The molecule has 0 aliphatic rings. The molecule has 22 heavy (non-hydrogen) atoms. The monoisotopic (exact) mass is 325 g/mol. The van der Waals surface area contributed by atoms with Gasteiger partial charge in [-0.25, -0.2) is 9.97 Å². The van der Waals surface area contributed by atoms with Gasteiger partial charge in [0.1, 0.15) is 0 Å². The highest BCUT2D eigenvalue weighted by Gasteiger charge is 2.06. The van der Waals surface area contributed by atoms with E-state index in [0.717, 1.165) is 38.9 Å². The number of nitrogens with zero attached hydrogens (tertiary/aromatic N) is 2. The van der Waals surface area contributed by atoms with Crippen LogP contribution in [-0.4, -0.2) is 14.5 Å². The summed E-state index contributed by atoms with van der Waals surface area (Å²) < 4.78 is 10.3. The van der Waals surface area contributed by atoms with Crippen LogP contribution in [-0.2, 0) is 0 Å². The summed E-state index contributed by atoms with van der Waals surface area (Å²) in [4.78, 5) is 9.77. The molecule has 0 saturated heterocycles. The van der Waals surface area contributed by atoms with E-state index in [2.05, 4.69) is 32.8 Å². The first kappa shape index (κ1) is 13.5. The highest BCUT2D eigenvalue weighted by Crippen LogP contribution is 2.28. The Morgan fingerprint density at radius 2 is 2.09 bits per heavy atom. The molecule has 4 nitrogen and oxygen atoms in total. The lowest BCUT2D eigenvalue weighted by Crippen LogP contribution is -1.97. The number of nitrogens with one attached hydrogen (secondary N) is 1. The molecule has 0 amide bonds. The van der Waals surface area contributed by atoms with Gasteiger partial charge in [0.25, 0.3) is 0 Å². The van der Waals surface area contributed by atoms with Crippen molar-refractivity contribution >= 4 is 56.0 Å². The molecule has 4 aromatic rings. The SMILES string of the molecule is OSc1cccc(Nc2ncc3ccc4sccc4c3n2)c1. The minimum absolute atomic E-state index is 0.547. The van der Waals surface area contributed by atoms with E-state index < -0.39 is 0 Å². The van der Waals surface area contributed by atoms with Gasteiger partial charge in [0.05, 0.1) is 5.52 Å². The number of thiophene rings is 1. The molecule has 2 aromatic heterocycles. The van der Waals surface area contributed by atoms with Crippen LogP contribution in [0.15, 0.2) is 58.9 Å². The Hall–Kier alpha value is -2.15. The summed E-state index contributed by atoms with van der Waals surface area (Å²) in [6, 6.07) is 13.7. The molecule has 2 N–H and O–H groups in total. The molecule has 0 bridgehead atoms. The summed E-state index contributed by atoms with van der Waals surface area (Å²) in [7, 11) is 0. The maximum Gasteiger partial charge on any atom is 0.227 e. The molecule has 0 saturated carbocycles. The van der Waals surface area contributed by atoms with Crippen LogP contribution in [0, 0.1) is 0 Å². The zero-order valence-corrected chi connectivity index (χ0v) is 13.0. The third-order valence-electron chi connectivity index (χ3n) is 3.38. The second-order valence-electron chi connectivity index (χ2n) is 4.77. The van der Waals surface area contributed by atoms with E-state index in [1.807, 2.05) is 36.5 Å². The molecule has 0 aliphatic heterocycles. The lowest BCUT2D eigenvalue weighted by atomic mass is 10.2. The summed E-state index contributed by atoms with van der Waals surface area (Å²) in [6.45, 7) is 0. The van der Waals surface area contributed by atoms with E-state index in [-0.39, 0.29) is 0 Å². The molecule has 0 atom stereocenters. The first-order valence-electron chi connectivity index (χ1n) is 6.65. The molecular formula is C16H11N3OS2. The number of rotatable bonds is 3. The van der Waals surface area contributed by atoms with Crippen molar-refractivity contribution in [3.05, 3.63) is 54.0 Å². The second-order valence-corrected chi connectivity index (χ2v) is 6.38. The van der Waals surface area contributed by atoms with E-state index in [0.29, 0.717) is 5.95 Å². The van der Waals surface area contributed by atoms with Crippen LogP contribution >= 0.6 is 23.4 Å². The predicted molar refractivity (Wildman–Crippen MR) is 93.1 cm³/mol. The van der Waals surface area contributed by atoms with Crippen LogP contribution in [0.2, 0.25) is 0 Å². The smallest absolute Gasteiger partial charge is 0.227 e. The van der Waals surface area contributed by atoms with Crippen LogP contribution < -0.4 is 5.32 Å². The molecule has 0 spiro atoms. The van der Waals surface area contributed by atoms with Crippen LogP contribution in [0.4, 0.5) is 11.6 Å². The van der Waals surface area contributed by atoms with Gasteiger partial charge in [0.2, 0.25) is 5.95 Å². The summed E-state index contributed by atoms with van der Waals surface area (Å²) in [5, 5.41) is 7.43. The maximum absolute atomic E-state index is 9.12. The van der Waals surface area contributed by atoms with E-state index in [1.165, 1.54) is 4.70 Å². The van der Waals surface area contributed by atoms with E-state index in [1.54, 1.807) is 11.3 Å². The standard InChI is InChI=1S/C16H11N3OS2/c20-22-12-3-1-2-11(8-12)18-16-17-9-10-4-5-14-13(6-7-21-14)15(10)19-16/h1-9,20H,(H,17,18,19). The molecule has 4 rings (SSSR count). The highest BCUT2D eigenvalue weighted by atomic mass is 32.2.